The second kappa shape index (κ2) is 3.82. The van der Waals surface area contributed by atoms with E-state index in [2.05, 4.69) is 10.3 Å². The van der Waals surface area contributed by atoms with Crippen LogP contribution in [-0.2, 0) is 4.79 Å². The van der Waals surface area contributed by atoms with E-state index in [1.807, 2.05) is 0 Å². The molecule has 4 nitrogen and oxygen atoms in total. The zero-order chi connectivity index (χ0) is 8.97. The Balaban J connectivity index is 2.88. The summed E-state index contributed by atoms with van der Waals surface area (Å²) in [6.07, 6.45) is 3.15. The van der Waals surface area contributed by atoms with Crippen LogP contribution in [-0.4, -0.2) is 23.1 Å². The molecule has 0 bridgehead atoms. The molecule has 1 rings (SSSR count). The number of carboxylic acid groups (broad SMARTS) is 1. The predicted octanol–water partition coefficient (Wildman–Crippen LogP) is 0.427. The molecule has 0 aliphatic rings. The number of likely N-dealkylation sites (N-methyl/N-ethyl adjacent to an activating group) is 1. The fourth-order valence-corrected chi connectivity index (χ4v) is 0.979. The second-order valence-corrected chi connectivity index (χ2v) is 2.35. The quantitative estimate of drug-likeness (QED) is 0.683. The minimum absolute atomic E-state index is 0.660. The van der Waals surface area contributed by atoms with Gasteiger partial charge in [-0.2, -0.15) is 0 Å². The van der Waals surface area contributed by atoms with E-state index >= 15 is 0 Å². The van der Waals surface area contributed by atoms with Crippen LogP contribution in [0.1, 0.15) is 11.6 Å². The van der Waals surface area contributed by atoms with E-state index in [-0.39, 0.29) is 0 Å². The molecule has 1 unspecified atom stereocenters. The third-order valence-corrected chi connectivity index (χ3v) is 1.55. The van der Waals surface area contributed by atoms with Crippen molar-refractivity contribution in [2.24, 2.45) is 0 Å². The second-order valence-electron chi connectivity index (χ2n) is 2.35. The number of carbonyl (C=O) groups is 1. The maximum Gasteiger partial charge on any atom is 0.325 e. The van der Waals surface area contributed by atoms with E-state index in [1.165, 1.54) is 6.20 Å². The van der Waals surface area contributed by atoms with Crippen molar-refractivity contribution in [3.63, 3.8) is 0 Å². The average Bonchev–Trinajstić information content (AvgIpc) is 2.07. The van der Waals surface area contributed by atoms with Crippen LogP contribution in [0.5, 0.6) is 0 Å². The largest absolute Gasteiger partial charge is 0.480 e. The van der Waals surface area contributed by atoms with Crippen LogP contribution >= 0.6 is 0 Å². The number of rotatable bonds is 3. The normalized spacial score (nSPS) is 12.4. The SMILES string of the molecule is CNC(C(=O)O)c1cccnc1. The summed E-state index contributed by atoms with van der Waals surface area (Å²) < 4.78 is 0. The van der Waals surface area contributed by atoms with Crippen molar-refractivity contribution in [1.29, 1.82) is 0 Å². The van der Waals surface area contributed by atoms with E-state index in [1.54, 1.807) is 25.4 Å². The molecule has 2 N–H and O–H groups in total. The standard InChI is InChI=1S/C8H10N2O2/c1-9-7(8(11)12)6-3-2-4-10-5-6/h2-5,7,9H,1H3,(H,11,12). The molecule has 1 heterocycles. The smallest absolute Gasteiger partial charge is 0.325 e. The van der Waals surface area contributed by atoms with Crippen LogP contribution in [0, 0.1) is 0 Å². The average molecular weight is 166 g/mol. The van der Waals surface area contributed by atoms with E-state index in [9.17, 15) is 4.79 Å². The molecular formula is C8H10N2O2. The van der Waals surface area contributed by atoms with Gasteiger partial charge in [-0.25, -0.2) is 0 Å². The molecule has 0 saturated heterocycles. The summed E-state index contributed by atoms with van der Waals surface area (Å²) in [6.45, 7) is 0. The lowest BCUT2D eigenvalue weighted by molar-refractivity contribution is -0.139. The summed E-state index contributed by atoms with van der Waals surface area (Å²) in [4.78, 5) is 14.5. The molecule has 0 spiro atoms. The van der Waals surface area contributed by atoms with Gasteiger partial charge in [0.05, 0.1) is 0 Å². The molecule has 0 radical (unpaired) electrons. The van der Waals surface area contributed by atoms with Crippen LogP contribution in [0.15, 0.2) is 24.5 Å². The van der Waals surface area contributed by atoms with Gasteiger partial charge in [0.25, 0.3) is 0 Å². The Morgan fingerprint density at radius 3 is 2.92 bits per heavy atom. The van der Waals surface area contributed by atoms with Crippen molar-refractivity contribution in [3.8, 4) is 0 Å². The van der Waals surface area contributed by atoms with Crippen molar-refractivity contribution in [3.05, 3.63) is 30.1 Å². The van der Waals surface area contributed by atoms with Crippen molar-refractivity contribution in [2.75, 3.05) is 7.05 Å². The maximum absolute atomic E-state index is 10.6. The number of hydrogen-bond acceptors (Lipinski definition) is 3. The first-order valence-electron chi connectivity index (χ1n) is 3.55. The minimum atomic E-state index is -0.898. The fourth-order valence-electron chi connectivity index (χ4n) is 0.979. The Morgan fingerprint density at radius 1 is 1.75 bits per heavy atom. The molecule has 1 atom stereocenters. The summed E-state index contributed by atoms with van der Waals surface area (Å²) in [7, 11) is 1.60. The first kappa shape index (κ1) is 8.67. The monoisotopic (exact) mass is 166 g/mol. The topological polar surface area (TPSA) is 62.2 Å². The van der Waals surface area contributed by atoms with Gasteiger partial charge in [0, 0.05) is 12.4 Å². The summed E-state index contributed by atoms with van der Waals surface area (Å²) in [5.74, 6) is -0.898. The Hall–Kier alpha value is -1.42. The highest BCUT2D eigenvalue weighted by atomic mass is 16.4. The van der Waals surface area contributed by atoms with Gasteiger partial charge in [-0.15, -0.1) is 0 Å². The highest BCUT2D eigenvalue weighted by molar-refractivity contribution is 5.75. The summed E-state index contributed by atoms with van der Waals surface area (Å²) in [6, 6.07) is 2.77. The molecule has 0 fully saturated rings. The summed E-state index contributed by atoms with van der Waals surface area (Å²) >= 11 is 0. The number of nitrogens with one attached hydrogen (secondary N) is 1. The third kappa shape index (κ3) is 1.79. The van der Waals surface area contributed by atoms with Gasteiger partial charge < -0.3 is 10.4 Å². The molecule has 0 saturated carbocycles. The summed E-state index contributed by atoms with van der Waals surface area (Å²) in [5.41, 5.74) is 0.660. The van der Waals surface area contributed by atoms with Crippen LogP contribution in [0.4, 0.5) is 0 Å². The van der Waals surface area contributed by atoms with Gasteiger partial charge >= 0.3 is 5.97 Å². The Labute approximate surface area is 70.3 Å². The molecule has 0 amide bonds. The van der Waals surface area contributed by atoms with Gasteiger partial charge in [0.15, 0.2) is 0 Å². The maximum atomic E-state index is 10.6. The minimum Gasteiger partial charge on any atom is -0.480 e. The number of nitrogens with zero attached hydrogens (tertiary/aromatic N) is 1. The van der Waals surface area contributed by atoms with E-state index in [0.717, 1.165) is 0 Å². The van der Waals surface area contributed by atoms with E-state index in [0.29, 0.717) is 5.56 Å². The zero-order valence-corrected chi connectivity index (χ0v) is 6.69. The summed E-state index contributed by atoms with van der Waals surface area (Å²) in [5, 5.41) is 11.4. The van der Waals surface area contributed by atoms with Crippen LogP contribution < -0.4 is 5.32 Å². The lowest BCUT2D eigenvalue weighted by atomic mass is 10.1. The van der Waals surface area contributed by atoms with Crippen LogP contribution in [0.25, 0.3) is 0 Å². The number of aromatic nitrogens is 1. The van der Waals surface area contributed by atoms with Crippen LogP contribution in [0.3, 0.4) is 0 Å². The molecule has 0 aliphatic carbocycles. The molecule has 0 aliphatic heterocycles. The first-order chi connectivity index (χ1) is 5.75. The Bertz CT molecular complexity index is 261. The predicted molar refractivity (Wildman–Crippen MR) is 43.7 cm³/mol. The molecule has 64 valence electrons. The van der Waals surface area contributed by atoms with E-state index < -0.39 is 12.0 Å². The number of hydrogen-bond donors (Lipinski definition) is 2. The van der Waals surface area contributed by atoms with Gasteiger partial charge in [-0.1, -0.05) is 6.07 Å². The Morgan fingerprint density at radius 2 is 2.50 bits per heavy atom. The van der Waals surface area contributed by atoms with E-state index in [4.69, 9.17) is 5.11 Å². The van der Waals surface area contributed by atoms with Gasteiger partial charge in [0.2, 0.25) is 0 Å². The number of carboxylic acids is 1. The highest BCUT2D eigenvalue weighted by Crippen LogP contribution is 2.09. The molecule has 1 aromatic rings. The molecule has 4 heteroatoms. The molecule has 12 heavy (non-hydrogen) atoms. The zero-order valence-electron chi connectivity index (χ0n) is 6.69. The lowest BCUT2D eigenvalue weighted by Crippen LogP contribution is -2.24. The third-order valence-electron chi connectivity index (χ3n) is 1.55. The molecular weight excluding hydrogens is 156 g/mol. The molecule has 1 aromatic heterocycles. The molecule has 0 aromatic carbocycles. The number of pyridine rings is 1. The first-order valence-corrected chi connectivity index (χ1v) is 3.55. The van der Waals surface area contributed by atoms with Gasteiger partial charge in [0.1, 0.15) is 6.04 Å². The lowest BCUT2D eigenvalue weighted by Gasteiger charge is -2.09. The van der Waals surface area contributed by atoms with Gasteiger partial charge in [-0.3, -0.25) is 9.78 Å². The van der Waals surface area contributed by atoms with Crippen molar-refractivity contribution in [1.82, 2.24) is 10.3 Å². The number of aliphatic carboxylic acids is 1. The van der Waals surface area contributed by atoms with Crippen molar-refractivity contribution in [2.45, 2.75) is 6.04 Å². The Kier molecular flexibility index (Phi) is 2.76. The van der Waals surface area contributed by atoms with Crippen molar-refractivity contribution >= 4 is 5.97 Å². The van der Waals surface area contributed by atoms with Crippen molar-refractivity contribution < 1.29 is 9.90 Å². The fraction of sp³-hybridized carbons (Fsp3) is 0.250. The van der Waals surface area contributed by atoms with Gasteiger partial charge in [-0.05, 0) is 18.7 Å². The highest BCUT2D eigenvalue weighted by Gasteiger charge is 2.16. The van der Waals surface area contributed by atoms with Crippen LogP contribution in [0.2, 0.25) is 0 Å².